The van der Waals surface area contributed by atoms with E-state index in [1.165, 1.54) is 18.2 Å². The van der Waals surface area contributed by atoms with Crippen LogP contribution in [0.25, 0.3) is 0 Å². The topological polar surface area (TPSA) is 209 Å². The summed E-state index contributed by atoms with van der Waals surface area (Å²) >= 11 is 11.6. The Bertz CT molecular complexity index is 3110. The first-order chi connectivity index (χ1) is 35.1. The van der Waals surface area contributed by atoms with Gasteiger partial charge in [0.05, 0.1) is 40.6 Å². The maximum atomic E-state index is 12.8. The van der Waals surface area contributed by atoms with E-state index in [4.69, 9.17) is 65.9 Å². The number of ether oxygens (including phenoxy) is 8. The van der Waals surface area contributed by atoms with Crippen LogP contribution in [-0.2, 0) is 37.1 Å². The predicted molar refractivity (Wildman–Crippen MR) is 256 cm³/mol. The molecule has 0 spiro atoms. The maximum absolute atomic E-state index is 12.8. The van der Waals surface area contributed by atoms with Crippen molar-refractivity contribution < 1.29 is 62.5 Å². The number of halogens is 2. The first-order valence-corrected chi connectivity index (χ1v) is 22.8. The van der Waals surface area contributed by atoms with Gasteiger partial charge in [0, 0.05) is 33.4 Å². The molecule has 0 saturated carbocycles. The van der Waals surface area contributed by atoms with Gasteiger partial charge in [-0.15, -0.1) is 4.98 Å². The van der Waals surface area contributed by atoms with Crippen molar-refractivity contribution in [3.05, 3.63) is 202 Å². The van der Waals surface area contributed by atoms with Gasteiger partial charge in [-0.25, -0.2) is 0 Å². The molecule has 2 aliphatic heterocycles. The van der Waals surface area contributed by atoms with Crippen LogP contribution < -0.4 is 28.5 Å². The number of ketones is 1. The Morgan fingerprint density at radius 1 is 0.542 bits per heavy atom. The summed E-state index contributed by atoms with van der Waals surface area (Å²) in [4.78, 5) is 38.2. The number of aromatic hydroxyl groups is 1. The van der Waals surface area contributed by atoms with Gasteiger partial charge < -0.3 is 52.9 Å². The molecule has 2 aliphatic rings. The van der Waals surface area contributed by atoms with E-state index in [0.29, 0.717) is 66.3 Å². The van der Waals surface area contributed by atoms with Crippen LogP contribution >= 0.6 is 23.2 Å². The van der Waals surface area contributed by atoms with Gasteiger partial charge in [-0.05, 0) is 174 Å². The fourth-order valence-electron chi connectivity index (χ4n) is 7.65. The standard InChI is InChI=1S/C33H27ClN3O7.C19H16ClN3O5/c1-40-26-10-2-22(3-11-26)31(39)23-4-12-27(13-5-23)43-28-14-6-24(7-15-28)33(41-18-19-42-33)25-8-16-29(17-9-25)44-37-21-35-32(34)36-30(37)20-38;1-25-17-21-16(20)22-18(23-17)28-15-8-4-13(5-9-15)19(26-10-11-27-19)12-2-6-14(24)7-3-12/h2-17,21,38H,18-20H2,1H3;2-9,24H,10-11H2,1H3/q+1;. The number of rotatable bonds is 15. The zero-order valence-electron chi connectivity index (χ0n) is 38.4. The third-order valence-electron chi connectivity index (χ3n) is 11.1. The highest BCUT2D eigenvalue weighted by Crippen LogP contribution is 2.41. The lowest BCUT2D eigenvalue weighted by Gasteiger charge is -2.28. The Balaban J connectivity index is 0.000000196. The minimum absolute atomic E-state index is 0.00768. The van der Waals surface area contributed by atoms with Crippen LogP contribution in [0.4, 0.5) is 0 Å². The summed E-state index contributed by atoms with van der Waals surface area (Å²) in [5, 5.41) is 19.1. The van der Waals surface area contributed by atoms with E-state index in [0.717, 1.165) is 22.3 Å². The van der Waals surface area contributed by atoms with Crippen molar-refractivity contribution in [2.45, 2.75) is 18.2 Å². The van der Waals surface area contributed by atoms with Crippen molar-refractivity contribution in [1.29, 1.82) is 0 Å². The SMILES string of the molecule is COc1ccc(C(=O)c2ccc(Oc3ccc(C4(c5ccc(O[n+]6cnc(Cl)nc6CO)cc5)OCCO4)cc3)cc2)cc1.COc1nc(Cl)nc(Oc2ccc(C3(c4ccc(O)cc4)OCCO3)cc2)n1. The summed E-state index contributed by atoms with van der Waals surface area (Å²) in [5.74, 6) is 1.02. The van der Waals surface area contributed by atoms with E-state index < -0.39 is 11.6 Å². The second-order valence-electron chi connectivity index (χ2n) is 15.5. The molecule has 10 rings (SSSR count). The lowest BCUT2D eigenvalue weighted by Crippen LogP contribution is -2.45. The number of phenols is 1. The number of nitrogens with zero attached hydrogens (tertiary/aromatic N) is 6. The molecule has 0 aliphatic carbocycles. The van der Waals surface area contributed by atoms with Gasteiger partial charge in [-0.1, -0.05) is 9.97 Å². The van der Waals surface area contributed by atoms with E-state index >= 15 is 0 Å². The minimum Gasteiger partial charge on any atom is -0.508 e. The van der Waals surface area contributed by atoms with Crippen molar-refractivity contribution in [3.8, 4) is 46.5 Å². The first kappa shape index (κ1) is 49.2. The molecular formula is C52H43Cl2N6O12+. The molecule has 0 bridgehead atoms. The van der Waals surface area contributed by atoms with Gasteiger partial charge in [0.1, 0.15) is 35.4 Å². The van der Waals surface area contributed by atoms with Gasteiger partial charge in [0.15, 0.2) is 11.5 Å². The smallest absolute Gasteiger partial charge is 0.372 e. The van der Waals surface area contributed by atoms with Gasteiger partial charge in [-0.3, -0.25) is 4.79 Å². The number of hydrogen-bond acceptors (Lipinski definition) is 17. The number of carbonyl (C=O) groups is 1. The molecule has 2 N–H and O–H groups in total. The summed E-state index contributed by atoms with van der Waals surface area (Å²) in [6.45, 7) is 1.40. The molecule has 72 heavy (non-hydrogen) atoms. The average molecular weight is 1010 g/mol. The van der Waals surface area contributed by atoms with Crippen molar-refractivity contribution in [3.63, 3.8) is 0 Å². The molecule has 6 aromatic carbocycles. The fourth-order valence-corrected chi connectivity index (χ4v) is 7.93. The van der Waals surface area contributed by atoms with Crippen LogP contribution in [0.15, 0.2) is 152 Å². The van der Waals surface area contributed by atoms with Crippen LogP contribution in [0.5, 0.6) is 46.5 Å². The second kappa shape index (κ2) is 22.1. The number of aromatic nitrogens is 6. The largest absolute Gasteiger partial charge is 0.508 e. The zero-order valence-corrected chi connectivity index (χ0v) is 39.9. The third-order valence-corrected chi connectivity index (χ3v) is 11.4. The molecular weight excluding hydrogens is 972 g/mol. The lowest BCUT2D eigenvalue weighted by molar-refractivity contribution is -0.885. The average Bonchev–Trinajstić information content (AvgIpc) is 4.13. The Kier molecular flexibility index (Phi) is 15.1. The van der Waals surface area contributed by atoms with E-state index in [1.807, 2.05) is 48.5 Å². The van der Waals surface area contributed by atoms with Crippen molar-refractivity contribution in [2.24, 2.45) is 0 Å². The summed E-state index contributed by atoms with van der Waals surface area (Å²) in [6, 6.07) is 42.6. The van der Waals surface area contributed by atoms with E-state index in [9.17, 15) is 15.0 Å². The molecule has 0 amide bonds. The van der Waals surface area contributed by atoms with E-state index in [2.05, 4.69) is 24.9 Å². The zero-order chi connectivity index (χ0) is 50.1. The number of phenolic OH excluding ortho intramolecular Hbond substituents is 1. The van der Waals surface area contributed by atoms with Crippen LogP contribution in [0.1, 0.15) is 44.0 Å². The molecule has 20 heteroatoms. The molecule has 0 unspecified atom stereocenters. The number of methoxy groups -OCH3 is 2. The predicted octanol–water partition coefficient (Wildman–Crippen LogP) is 8.31. The highest BCUT2D eigenvalue weighted by Gasteiger charge is 2.42. The normalized spacial score (nSPS) is 14.4. The molecule has 0 radical (unpaired) electrons. The van der Waals surface area contributed by atoms with Crippen molar-refractivity contribution in [1.82, 2.24) is 24.9 Å². The summed E-state index contributed by atoms with van der Waals surface area (Å²) in [7, 11) is 3.01. The quantitative estimate of drug-likeness (QED) is 0.0731. The first-order valence-electron chi connectivity index (χ1n) is 22.1. The summed E-state index contributed by atoms with van der Waals surface area (Å²) < 4.78 is 47.2. The highest BCUT2D eigenvalue weighted by molar-refractivity contribution is 6.28. The molecule has 2 aromatic heterocycles. The Morgan fingerprint density at radius 3 is 1.44 bits per heavy atom. The van der Waals surface area contributed by atoms with Gasteiger partial charge in [0.25, 0.3) is 6.33 Å². The van der Waals surface area contributed by atoms with Crippen molar-refractivity contribution in [2.75, 3.05) is 40.6 Å². The van der Waals surface area contributed by atoms with Gasteiger partial charge in [0.2, 0.25) is 16.9 Å². The Labute approximate surface area is 421 Å². The van der Waals surface area contributed by atoms with Crippen LogP contribution in [-0.4, -0.2) is 81.6 Å². The number of aliphatic hydroxyl groups excluding tert-OH is 1. The molecule has 366 valence electrons. The van der Waals surface area contributed by atoms with E-state index in [1.54, 1.807) is 104 Å². The third kappa shape index (κ3) is 11.0. The molecule has 18 nitrogen and oxygen atoms in total. The Morgan fingerprint density at radius 2 is 0.972 bits per heavy atom. The van der Waals surface area contributed by atoms with Gasteiger partial charge >= 0.3 is 23.1 Å². The number of hydrogen-bond donors (Lipinski definition) is 2. The number of carbonyl (C=O) groups excluding carboxylic acids is 1. The van der Waals surface area contributed by atoms with E-state index in [-0.39, 0.29) is 46.6 Å². The lowest BCUT2D eigenvalue weighted by atomic mass is 9.97. The van der Waals surface area contributed by atoms with Crippen LogP contribution in [0.2, 0.25) is 10.6 Å². The monoisotopic (exact) mass is 1010 g/mol. The second-order valence-corrected chi connectivity index (χ2v) is 16.2. The van der Waals surface area contributed by atoms with Gasteiger partial charge in [-0.2, -0.15) is 9.97 Å². The number of benzene rings is 6. The maximum Gasteiger partial charge on any atom is 0.372 e. The van der Waals surface area contributed by atoms with Crippen LogP contribution in [0, 0.1) is 0 Å². The number of aliphatic hydroxyl groups is 1. The molecule has 8 aromatic rings. The molecule has 0 atom stereocenters. The molecule has 2 fully saturated rings. The molecule has 4 heterocycles. The fraction of sp³-hybridized carbons (Fsp3) is 0.173. The minimum atomic E-state index is -1.10. The summed E-state index contributed by atoms with van der Waals surface area (Å²) in [5.41, 5.74) is 4.26. The van der Waals surface area contributed by atoms with Crippen LogP contribution in [0.3, 0.4) is 0 Å². The highest BCUT2D eigenvalue weighted by atomic mass is 35.5. The molecule has 2 saturated heterocycles. The summed E-state index contributed by atoms with van der Waals surface area (Å²) in [6.07, 6.45) is 1.33. The Hall–Kier alpha value is -7.81. The van der Waals surface area contributed by atoms with Crippen molar-refractivity contribution >= 4 is 29.0 Å².